The van der Waals surface area contributed by atoms with Crippen molar-refractivity contribution in [1.29, 1.82) is 0 Å². The molecule has 1 atom stereocenters. The molecule has 0 radical (unpaired) electrons. The van der Waals surface area contributed by atoms with Gasteiger partial charge in [0, 0.05) is 6.42 Å². The third kappa shape index (κ3) is 3.52. The van der Waals surface area contributed by atoms with Crippen LogP contribution in [-0.2, 0) is 19.0 Å². The van der Waals surface area contributed by atoms with E-state index in [1.54, 1.807) is 6.92 Å². The van der Waals surface area contributed by atoms with E-state index in [0.29, 0.717) is 30.8 Å². The maximum Gasteiger partial charge on any atom is 0.337 e. The van der Waals surface area contributed by atoms with Crippen LogP contribution in [0.5, 0.6) is 0 Å². The highest BCUT2D eigenvalue weighted by Crippen LogP contribution is 2.25. The van der Waals surface area contributed by atoms with Gasteiger partial charge in [-0.3, -0.25) is 0 Å². The van der Waals surface area contributed by atoms with E-state index in [2.05, 4.69) is 11.7 Å². The Morgan fingerprint density at radius 3 is 2.88 bits per heavy atom. The minimum atomic E-state index is -0.301. The summed E-state index contributed by atoms with van der Waals surface area (Å²) in [6, 6.07) is 0. The maximum atomic E-state index is 11.3. The molecular weight excluding hydrogens is 208 g/mol. The maximum absolute atomic E-state index is 11.3. The Morgan fingerprint density at radius 2 is 2.31 bits per heavy atom. The molecule has 0 aromatic carbocycles. The molecular formula is C12H20O4. The van der Waals surface area contributed by atoms with Crippen LogP contribution >= 0.6 is 0 Å². The van der Waals surface area contributed by atoms with Gasteiger partial charge in [0.05, 0.1) is 19.3 Å². The van der Waals surface area contributed by atoms with Crippen molar-refractivity contribution in [1.82, 2.24) is 0 Å². The second kappa shape index (κ2) is 6.53. The SMILES string of the molecule is CCCCOC1CCC(C(=O)OC)=C(C)O1. The molecule has 1 heterocycles. The standard InChI is InChI=1S/C12H20O4/c1-4-5-8-15-11-7-6-10(9(2)16-11)12(13)14-3/h11H,4-8H2,1-3H3. The van der Waals surface area contributed by atoms with Crippen LogP contribution in [-0.4, -0.2) is 26.0 Å². The molecule has 0 spiro atoms. The van der Waals surface area contributed by atoms with Crippen LogP contribution in [0.25, 0.3) is 0 Å². The quantitative estimate of drug-likeness (QED) is 0.535. The van der Waals surface area contributed by atoms with Crippen LogP contribution in [0, 0.1) is 0 Å². The van der Waals surface area contributed by atoms with Gasteiger partial charge in [-0.05, 0) is 19.8 Å². The molecule has 0 fully saturated rings. The largest absolute Gasteiger partial charge is 0.469 e. The van der Waals surface area contributed by atoms with Crippen LogP contribution in [0.15, 0.2) is 11.3 Å². The first-order chi connectivity index (χ1) is 7.69. The fourth-order valence-electron chi connectivity index (χ4n) is 1.61. The van der Waals surface area contributed by atoms with E-state index in [0.717, 1.165) is 12.8 Å². The van der Waals surface area contributed by atoms with Gasteiger partial charge in [-0.1, -0.05) is 13.3 Å². The second-order valence-corrected chi connectivity index (χ2v) is 3.84. The van der Waals surface area contributed by atoms with Crippen molar-refractivity contribution in [3.8, 4) is 0 Å². The lowest BCUT2D eigenvalue weighted by molar-refractivity contribution is -0.143. The van der Waals surface area contributed by atoms with Crippen LogP contribution in [0.4, 0.5) is 0 Å². The first-order valence-corrected chi connectivity index (χ1v) is 5.75. The summed E-state index contributed by atoms with van der Waals surface area (Å²) in [4.78, 5) is 11.3. The number of esters is 1. The molecule has 0 saturated carbocycles. The first kappa shape index (κ1) is 13.0. The van der Waals surface area contributed by atoms with E-state index in [1.165, 1.54) is 7.11 Å². The van der Waals surface area contributed by atoms with E-state index >= 15 is 0 Å². The molecule has 1 aliphatic rings. The monoisotopic (exact) mass is 228 g/mol. The highest BCUT2D eigenvalue weighted by atomic mass is 16.7. The van der Waals surface area contributed by atoms with E-state index in [4.69, 9.17) is 9.47 Å². The Labute approximate surface area is 96.6 Å². The molecule has 1 aliphatic heterocycles. The smallest absolute Gasteiger partial charge is 0.337 e. The van der Waals surface area contributed by atoms with E-state index in [-0.39, 0.29) is 12.3 Å². The van der Waals surface area contributed by atoms with Gasteiger partial charge in [0.2, 0.25) is 0 Å². The molecule has 0 aromatic rings. The Balaban J connectivity index is 2.44. The minimum absolute atomic E-state index is 0.208. The summed E-state index contributed by atoms with van der Waals surface area (Å²) in [5.74, 6) is 0.323. The average molecular weight is 228 g/mol. The van der Waals surface area contributed by atoms with E-state index < -0.39 is 0 Å². The lowest BCUT2D eigenvalue weighted by Crippen LogP contribution is -2.24. The zero-order chi connectivity index (χ0) is 12.0. The molecule has 0 bridgehead atoms. The van der Waals surface area contributed by atoms with Crippen molar-refractivity contribution in [3.63, 3.8) is 0 Å². The zero-order valence-corrected chi connectivity index (χ0v) is 10.2. The van der Waals surface area contributed by atoms with Gasteiger partial charge in [-0.2, -0.15) is 0 Å². The fraction of sp³-hybridized carbons (Fsp3) is 0.750. The van der Waals surface area contributed by atoms with Crippen LogP contribution in [0.1, 0.15) is 39.5 Å². The third-order valence-electron chi connectivity index (χ3n) is 2.60. The summed E-state index contributed by atoms with van der Waals surface area (Å²) in [7, 11) is 1.38. The van der Waals surface area contributed by atoms with Gasteiger partial charge in [0.15, 0.2) is 6.29 Å². The molecule has 1 unspecified atom stereocenters. The number of allylic oxidation sites excluding steroid dienone is 1. The van der Waals surface area contributed by atoms with Crippen molar-refractivity contribution in [2.24, 2.45) is 0 Å². The number of hydrogen-bond donors (Lipinski definition) is 0. The summed E-state index contributed by atoms with van der Waals surface area (Å²) in [6.45, 7) is 4.61. The first-order valence-electron chi connectivity index (χ1n) is 5.75. The van der Waals surface area contributed by atoms with Gasteiger partial charge >= 0.3 is 5.97 Å². The third-order valence-corrected chi connectivity index (χ3v) is 2.60. The molecule has 0 aromatic heterocycles. The van der Waals surface area contributed by atoms with Crippen molar-refractivity contribution < 1.29 is 19.0 Å². The number of unbranched alkanes of at least 4 members (excludes halogenated alkanes) is 1. The Kier molecular flexibility index (Phi) is 5.32. The van der Waals surface area contributed by atoms with Gasteiger partial charge < -0.3 is 14.2 Å². The van der Waals surface area contributed by atoms with Crippen LogP contribution in [0.2, 0.25) is 0 Å². The fourth-order valence-corrected chi connectivity index (χ4v) is 1.61. The molecule has 0 amide bonds. The Bertz CT molecular complexity index is 270. The molecule has 4 nitrogen and oxygen atoms in total. The van der Waals surface area contributed by atoms with Gasteiger partial charge in [-0.15, -0.1) is 0 Å². The van der Waals surface area contributed by atoms with Gasteiger partial charge in [0.1, 0.15) is 5.76 Å². The van der Waals surface area contributed by atoms with Crippen molar-refractivity contribution in [2.75, 3.05) is 13.7 Å². The number of hydrogen-bond acceptors (Lipinski definition) is 4. The minimum Gasteiger partial charge on any atom is -0.469 e. The molecule has 0 saturated heterocycles. The lowest BCUT2D eigenvalue weighted by atomic mass is 10.1. The Hall–Kier alpha value is -1.03. The summed E-state index contributed by atoms with van der Waals surface area (Å²) in [5.41, 5.74) is 0.623. The van der Waals surface area contributed by atoms with E-state index in [1.807, 2.05) is 0 Å². The van der Waals surface area contributed by atoms with Gasteiger partial charge in [0.25, 0.3) is 0 Å². The average Bonchev–Trinajstić information content (AvgIpc) is 2.29. The summed E-state index contributed by atoms with van der Waals surface area (Å²) in [6.07, 6.45) is 3.31. The topological polar surface area (TPSA) is 44.8 Å². The highest BCUT2D eigenvalue weighted by molar-refractivity contribution is 5.88. The molecule has 1 rings (SSSR count). The molecule has 4 heteroatoms. The number of methoxy groups -OCH3 is 1. The Morgan fingerprint density at radius 1 is 1.56 bits per heavy atom. The number of ether oxygens (including phenoxy) is 3. The summed E-state index contributed by atoms with van der Waals surface area (Å²) < 4.78 is 15.7. The molecule has 16 heavy (non-hydrogen) atoms. The highest BCUT2D eigenvalue weighted by Gasteiger charge is 2.24. The van der Waals surface area contributed by atoms with Crippen LogP contribution < -0.4 is 0 Å². The van der Waals surface area contributed by atoms with Crippen molar-refractivity contribution >= 4 is 5.97 Å². The normalized spacial score (nSPS) is 20.6. The van der Waals surface area contributed by atoms with E-state index in [9.17, 15) is 4.79 Å². The van der Waals surface area contributed by atoms with Gasteiger partial charge in [-0.25, -0.2) is 4.79 Å². The zero-order valence-electron chi connectivity index (χ0n) is 10.2. The molecule has 0 aliphatic carbocycles. The number of rotatable bonds is 5. The number of carbonyl (C=O) groups is 1. The lowest BCUT2D eigenvalue weighted by Gasteiger charge is -2.25. The van der Waals surface area contributed by atoms with Crippen molar-refractivity contribution in [3.05, 3.63) is 11.3 Å². The second-order valence-electron chi connectivity index (χ2n) is 3.84. The molecule has 92 valence electrons. The predicted molar refractivity (Wildman–Crippen MR) is 59.7 cm³/mol. The predicted octanol–water partition coefficient (Wildman–Crippen LogP) is 2.39. The molecule has 0 N–H and O–H groups in total. The van der Waals surface area contributed by atoms with Crippen molar-refractivity contribution in [2.45, 2.75) is 45.8 Å². The van der Waals surface area contributed by atoms with Crippen LogP contribution in [0.3, 0.4) is 0 Å². The summed E-state index contributed by atoms with van der Waals surface area (Å²) in [5, 5.41) is 0. The number of carbonyl (C=O) groups excluding carboxylic acids is 1. The summed E-state index contributed by atoms with van der Waals surface area (Å²) >= 11 is 0.